The molecule has 1 atom stereocenters. The Kier molecular flexibility index (Phi) is 6.52. The van der Waals surface area contributed by atoms with Crippen molar-refractivity contribution in [3.8, 4) is 11.1 Å². The average Bonchev–Trinajstić information content (AvgIpc) is 3.37. The van der Waals surface area contributed by atoms with Crippen LogP contribution >= 0.6 is 11.3 Å². The fourth-order valence-electron chi connectivity index (χ4n) is 3.94. The zero-order valence-electron chi connectivity index (χ0n) is 16.8. The SMILES string of the molecule is COCCC(=O)N1CCC(Cc2ccc(-c3ccsc3)cc2)(C(=O)N(C)C)C1. The van der Waals surface area contributed by atoms with Gasteiger partial charge in [0.2, 0.25) is 11.8 Å². The first kappa shape index (κ1) is 20.6. The van der Waals surface area contributed by atoms with Crippen LogP contribution in [0.3, 0.4) is 0 Å². The molecule has 0 radical (unpaired) electrons. The number of amides is 2. The molecule has 1 unspecified atom stereocenters. The highest BCUT2D eigenvalue weighted by atomic mass is 32.1. The lowest BCUT2D eigenvalue weighted by Crippen LogP contribution is -2.44. The van der Waals surface area contributed by atoms with Crippen molar-refractivity contribution in [3.05, 3.63) is 46.7 Å². The summed E-state index contributed by atoms with van der Waals surface area (Å²) in [6, 6.07) is 10.5. The van der Waals surface area contributed by atoms with E-state index >= 15 is 0 Å². The third kappa shape index (κ3) is 4.45. The summed E-state index contributed by atoms with van der Waals surface area (Å²) in [5.74, 6) is 0.152. The lowest BCUT2D eigenvalue weighted by molar-refractivity contribution is -0.139. The standard InChI is InChI=1S/C22H28N2O3S/c1-23(2)21(26)22(10-11-24(16-22)20(25)8-12-27-3)14-17-4-6-18(7-5-17)19-9-13-28-15-19/h4-7,9,13,15H,8,10-12,14,16H2,1-3H3. The van der Waals surface area contributed by atoms with Gasteiger partial charge in [-0.1, -0.05) is 24.3 Å². The van der Waals surface area contributed by atoms with E-state index < -0.39 is 5.41 Å². The molecular formula is C22H28N2O3S. The minimum atomic E-state index is -0.559. The molecule has 0 spiro atoms. The number of thiophene rings is 1. The van der Waals surface area contributed by atoms with E-state index in [0.717, 1.165) is 5.56 Å². The summed E-state index contributed by atoms with van der Waals surface area (Å²) in [6.45, 7) is 1.50. The van der Waals surface area contributed by atoms with E-state index in [1.165, 1.54) is 11.1 Å². The molecule has 0 bridgehead atoms. The number of carbonyl (C=O) groups is 2. The highest BCUT2D eigenvalue weighted by molar-refractivity contribution is 7.08. The summed E-state index contributed by atoms with van der Waals surface area (Å²) in [5, 5.41) is 4.20. The maximum absolute atomic E-state index is 13.1. The van der Waals surface area contributed by atoms with Gasteiger partial charge >= 0.3 is 0 Å². The summed E-state index contributed by atoms with van der Waals surface area (Å²) in [4.78, 5) is 29.0. The molecule has 1 saturated heterocycles. The van der Waals surface area contributed by atoms with E-state index in [1.54, 1.807) is 37.4 Å². The van der Waals surface area contributed by atoms with Crippen molar-refractivity contribution in [2.75, 3.05) is 40.9 Å². The monoisotopic (exact) mass is 400 g/mol. The topological polar surface area (TPSA) is 49.9 Å². The van der Waals surface area contributed by atoms with E-state index in [-0.39, 0.29) is 11.8 Å². The quantitative estimate of drug-likeness (QED) is 0.717. The number of carbonyl (C=O) groups excluding carboxylic acids is 2. The number of hydrogen-bond donors (Lipinski definition) is 0. The first-order valence-corrected chi connectivity index (χ1v) is 10.5. The summed E-state index contributed by atoms with van der Waals surface area (Å²) >= 11 is 1.68. The van der Waals surface area contributed by atoms with Crippen molar-refractivity contribution in [1.29, 1.82) is 0 Å². The molecule has 28 heavy (non-hydrogen) atoms. The Morgan fingerprint density at radius 3 is 2.54 bits per heavy atom. The van der Waals surface area contributed by atoms with Crippen molar-refractivity contribution in [2.45, 2.75) is 19.3 Å². The van der Waals surface area contributed by atoms with Gasteiger partial charge in [0.25, 0.3) is 0 Å². The maximum atomic E-state index is 13.1. The molecule has 2 heterocycles. The molecule has 2 aromatic rings. The van der Waals surface area contributed by atoms with Crippen molar-refractivity contribution in [2.24, 2.45) is 5.41 Å². The molecule has 5 nitrogen and oxygen atoms in total. The number of nitrogens with zero attached hydrogens (tertiary/aromatic N) is 2. The van der Waals surface area contributed by atoms with Gasteiger partial charge in [-0.2, -0.15) is 11.3 Å². The minimum Gasteiger partial charge on any atom is -0.384 e. The van der Waals surface area contributed by atoms with Crippen molar-refractivity contribution >= 4 is 23.2 Å². The third-order valence-corrected chi connectivity index (χ3v) is 6.12. The highest BCUT2D eigenvalue weighted by Crippen LogP contribution is 2.36. The molecule has 3 rings (SSSR count). The molecule has 1 aliphatic heterocycles. The van der Waals surface area contributed by atoms with Gasteiger partial charge in [-0.25, -0.2) is 0 Å². The van der Waals surface area contributed by atoms with Crippen LogP contribution in [0.5, 0.6) is 0 Å². The minimum absolute atomic E-state index is 0.0584. The van der Waals surface area contributed by atoms with E-state index in [1.807, 2.05) is 4.90 Å². The van der Waals surface area contributed by atoms with Gasteiger partial charge in [0, 0.05) is 34.3 Å². The second-order valence-corrected chi connectivity index (χ2v) is 8.45. The van der Waals surface area contributed by atoms with Crippen LogP contribution in [-0.2, 0) is 20.7 Å². The normalized spacial score (nSPS) is 19.0. The number of methoxy groups -OCH3 is 1. The van der Waals surface area contributed by atoms with Crippen molar-refractivity contribution in [3.63, 3.8) is 0 Å². The van der Waals surface area contributed by atoms with Gasteiger partial charge in [0.15, 0.2) is 0 Å². The molecule has 2 amide bonds. The lowest BCUT2D eigenvalue weighted by atomic mass is 9.79. The van der Waals surface area contributed by atoms with Crippen molar-refractivity contribution < 1.29 is 14.3 Å². The number of rotatable bonds is 7. The maximum Gasteiger partial charge on any atom is 0.230 e. The van der Waals surface area contributed by atoms with Crippen LogP contribution in [0.4, 0.5) is 0 Å². The van der Waals surface area contributed by atoms with Crippen LogP contribution in [0.1, 0.15) is 18.4 Å². The number of ether oxygens (including phenoxy) is 1. The fourth-order valence-corrected chi connectivity index (χ4v) is 4.60. The van der Waals surface area contributed by atoms with Crippen LogP contribution in [0.15, 0.2) is 41.1 Å². The molecule has 1 aromatic heterocycles. The predicted molar refractivity (Wildman–Crippen MR) is 112 cm³/mol. The zero-order valence-corrected chi connectivity index (χ0v) is 17.6. The smallest absolute Gasteiger partial charge is 0.230 e. The number of benzene rings is 1. The molecule has 1 aromatic carbocycles. The van der Waals surface area contributed by atoms with Gasteiger partial charge in [-0.3, -0.25) is 9.59 Å². The predicted octanol–water partition coefficient (Wildman–Crippen LogP) is 3.30. The Morgan fingerprint density at radius 2 is 1.93 bits per heavy atom. The molecule has 0 aliphatic carbocycles. The summed E-state index contributed by atoms with van der Waals surface area (Å²) in [7, 11) is 5.18. The second kappa shape index (κ2) is 8.88. The van der Waals surface area contributed by atoms with Gasteiger partial charge in [0.1, 0.15) is 0 Å². The van der Waals surface area contributed by atoms with E-state index in [2.05, 4.69) is 41.1 Å². The van der Waals surface area contributed by atoms with Crippen molar-refractivity contribution in [1.82, 2.24) is 9.80 Å². The van der Waals surface area contributed by atoms with Gasteiger partial charge in [0.05, 0.1) is 18.4 Å². The molecule has 6 heteroatoms. The van der Waals surface area contributed by atoms with Gasteiger partial charge < -0.3 is 14.5 Å². The van der Waals surface area contributed by atoms with Gasteiger partial charge in [-0.15, -0.1) is 0 Å². The largest absolute Gasteiger partial charge is 0.384 e. The lowest BCUT2D eigenvalue weighted by Gasteiger charge is -2.31. The molecule has 0 N–H and O–H groups in total. The Morgan fingerprint density at radius 1 is 1.18 bits per heavy atom. The molecule has 150 valence electrons. The Hall–Kier alpha value is -2.18. The molecular weight excluding hydrogens is 372 g/mol. The first-order chi connectivity index (χ1) is 13.4. The molecule has 0 saturated carbocycles. The van der Waals surface area contributed by atoms with E-state index in [9.17, 15) is 9.59 Å². The average molecular weight is 401 g/mol. The fraction of sp³-hybridized carbons (Fsp3) is 0.455. The Balaban J connectivity index is 1.77. The molecule has 1 fully saturated rings. The second-order valence-electron chi connectivity index (χ2n) is 7.67. The van der Waals surface area contributed by atoms with Crippen LogP contribution in [0.2, 0.25) is 0 Å². The number of likely N-dealkylation sites (tertiary alicyclic amines) is 1. The van der Waals surface area contributed by atoms with E-state index in [0.29, 0.717) is 39.0 Å². The van der Waals surface area contributed by atoms with Crippen LogP contribution < -0.4 is 0 Å². The van der Waals surface area contributed by atoms with Gasteiger partial charge in [-0.05, 0) is 46.4 Å². The van der Waals surface area contributed by atoms with Crippen LogP contribution in [0, 0.1) is 5.41 Å². The van der Waals surface area contributed by atoms with Crippen LogP contribution in [-0.4, -0.2) is 62.5 Å². The molecule has 1 aliphatic rings. The number of hydrogen-bond acceptors (Lipinski definition) is 4. The van der Waals surface area contributed by atoms with Crippen LogP contribution in [0.25, 0.3) is 11.1 Å². The first-order valence-electron chi connectivity index (χ1n) is 9.55. The third-order valence-electron chi connectivity index (χ3n) is 5.44. The zero-order chi connectivity index (χ0) is 20.1. The Labute approximate surface area is 170 Å². The Bertz CT molecular complexity index is 802. The summed E-state index contributed by atoms with van der Waals surface area (Å²) < 4.78 is 5.03. The van der Waals surface area contributed by atoms with E-state index in [4.69, 9.17) is 4.74 Å². The summed E-state index contributed by atoms with van der Waals surface area (Å²) in [6.07, 6.45) is 1.69. The highest BCUT2D eigenvalue weighted by Gasteiger charge is 2.46. The summed E-state index contributed by atoms with van der Waals surface area (Å²) in [5.41, 5.74) is 2.96.